The number of benzene rings is 2. The highest BCUT2D eigenvalue weighted by molar-refractivity contribution is 9.10. The Morgan fingerprint density at radius 3 is 2.55 bits per heavy atom. The van der Waals surface area contributed by atoms with Gasteiger partial charge in [0.05, 0.1) is 24.0 Å². The summed E-state index contributed by atoms with van der Waals surface area (Å²) in [7, 11) is 0. The van der Waals surface area contributed by atoms with Gasteiger partial charge in [0.1, 0.15) is 10.8 Å². The Labute approximate surface area is 192 Å². The van der Waals surface area contributed by atoms with E-state index in [2.05, 4.69) is 27.0 Å². The fourth-order valence-corrected chi connectivity index (χ4v) is 4.76. The number of rotatable bonds is 6. The number of ketones is 1. The number of Topliss-reactive ketones (excluding diaryl/α,β-unsaturated/α-hetero) is 1. The van der Waals surface area contributed by atoms with Crippen molar-refractivity contribution in [1.29, 1.82) is 5.26 Å². The van der Waals surface area contributed by atoms with Gasteiger partial charge in [-0.3, -0.25) is 9.69 Å². The molecule has 0 saturated carbocycles. The van der Waals surface area contributed by atoms with Crippen LogP contribution in [0.15, 0.2) is 58.4 Å². The molecule has 0 aliphatic carbocycles. The molecule has 0 amide bonds. The Balaban J connectivity index is 1.37. The van der Waals surface area contributed by atoms with Gasteiger partial charge in [0.15, 0.2) is 11.7 Å². The van der Waals surface area contributed by atoms with Crippen molar-refractivity contribution in [2.45, 2.75) is 5.92 Å². The SMILES string of the molecule is N#C[C@@H](C(=O)CN1CCN(c2ccccc2F)CC1)c1nc(-c2ccc(Br)cc2)cs1. The molecular weight excluding hydrogens is 479 g/mol. The molecule has 3 aromatic rings. The second kappa shape index (κ2) is 9.69. The first-order valence-electron chi connectivity index (χ1n) is 9.90. The average Bonchev–Trinajstić information content (AvgIpc) is 3.25. The monoisotopic (exact) mass is 498 g/mol. The lowest BCUT2D eigenvalue weighted by atomic mass is 10.1. The van der Waals surface area contributed by atoms with Gasteiger partial charge < -0.3 is 4.90 Å². The lowest BCUT2D eigenvalue weighted by molar-refractivity contribution is -0.120. The molecule has 1 saturated heterocycles. The van der Waals surface area contributed by atoms with Gasteiger partial charge in [-0.25, -0.2) is 9.37 Å². The number of carbonyl (C=O) groups is 1. The standard InChI is InChI=1S/C23H20BrFN4OS/c24-17-7-5-16(6-8-17)20-15-31-23(27-20)18(13-26)22(30)14-28-9-11-29(12-10-28)21-4-2-1-3-19(21)25/h1-8,15,18H,9-12,14H2/t18-/m0/s1. The van der Waals surface area contributed by atoms with E-state index in [1.54, 1.807) is 12.1 Å². The third-order valence-electron chi connectivity index (χ3n) is 5.30. The van der Waals surface area contributed by atoms with Gasteiger partial charge in [0.2, 0.25) is 0 Å². The topological polar surface area (TPSA) is 60.2 Å². The minimum absolute atomic E-state index is 0.154. The number of carbonyl (C=O) groups excluding carboxylic acids is 1. The lowest BCUT2D eigenvalue weighted by Gasteiger charge is -2.36. The average molecular weight is 499 g/mol. The quantitative estimate of drug-likeness (QED) is 0.492. The van der Waals surface area contributed by atoms with Crippen molar-refractivity contribution in [2.24, 2.45) is 0 Å². The van der Waals surface area contributed by atoms with Crippen LogP contribution in [0.1, 0.15) is 10.9 Å². The van der Waals surface area contributed by atoms with E-state index in [0.29, 0.717) is 36.9 Å². The predicted octanol–water partition coefficient (Wildman–Crippen LogP) is 4.71. The number of nitrogens with zero attached hydrogens (tertiary/aromatic N) is 4. The van der Waals surface area contributed by atoms with E-state index >= 15 is 0 Å². The van der Waals surface area contributed by atoms with Crippen LogP contribution in [0.25, 0.3) is 11.3 Å². The first-order chi connectivity index (χ1) is 15.0. The minimum atomic E-state index is -0.876. The Morgan fingerprint density at radius 2 is 1.87 bits per heavy atom. The summed E-state index contributed by atoms with van der Waals surface area (Å²) < 4.78 is 15.0. The number of anilines is 1. The Morgan fingerprint density at radius 1 is 1.16 bits per heavy atom. The molecule has 2 aromatic carbocycles. The van der Waals surface area contributed by atoms with E-state index in [0.717, 1.165) is 15.7 Å². The molecule has 0 bridgehead atoms. The third kappa shape index (κ3) is 5.01. The molecule has 158 valence electrons. The van der Waals surface area contributed by atoms with Crippen molar-refractivity contribution in [1.82, 2.24) is 9.88 Å². The lowest BCUT2D eigenvalue weighted by Crippen LogP contribution is -2.48. The van der Waals surface area contributed by atoms with Crippen LogP contribution in [0.4, 0.5) is 10.1 Å². The molecule has 1 aliphatic heterocycles. The van der Waals surface area contributed by atoms with Gasteiger partial charge in [-0.2, -0.15) is 5.26 Å². The summed E-state index contributed by atoms with van der Waals surface area (Å²) in [5, 5.41) is 12.0. The first-order valence-corrected chi connectivity index (χ1v) is 11.6. The van der Waals surface area contributed by atoms with E-state index < -0.39 is 5.92 Å². The van der Waals surface area contributed by atoms with Gasteiger partial charge in [0, 0.05) is 41.6 Å². The summed E-state index contributed by atoms with van der Waals surface area (Å²) in [4.78, 5) is 21.4. The van der Waals surface area contributed by atoms with Gasteiger partial charge in [-0.05, 0) is 24.3 Å². The maximum Gasteiger partial charge on any atom is 0.170 e. The molecule has 5 nitrogen and oxygen atoms in total. The maximum atomic E-state index is 14.0. The molecule has 1 aliphatic rings. The normalized spacial score (nSPS) is 15.5. The Bertz CT molecular complexity index is 1100. The third-order valence-corrected chi connectivity index (χ3v) is 6.74. The van der Waals surface area contributed by atoms with Crippen LogP contribution >= 0.6 is 27.3 Å². The number of thiazole rings is 1. The minimum Gasteiger partial charge on any atom is -0.367 e. The summed E-state index contributed by atoms with van der Waals surface area (Å²) in [5.41, 5.74) is 2.30. The summed E-state index contributed by atoms with van der Waals surface area (Å²) in [6.45, 7) is 2.74. The van der Waals surface area contributed by atoms with Crippen LogP contribution in [-0.4, -0.2) is 48.4 Å². The molecule has 1 atom stereocenters. The van der Waals surface area contributed by atoms with E-state index in [1.165, 1.54) is 17.4 Å². The van der Waals surface area contributed by atoms with E-state index in [9.17, 15) is 14.4 Å². The van der Waals surface area contributed by atoms with Crippen molar-refractivity contribution in [3.05, 3.63) is 69.2 Å². The molecule has 2 heterocycles. The van der Waals surface area contributed by atoms with Crippen molar-refractivity contribution >= 4 is 38.7 Å². The molecule has 1 fully saturated rings. The van der Waals surface area contributed by atoms with Gasteiger partial charge >= 0.3 is 0 Å². The maximum absolute atomic E-state index is 14.0. The molecule has 0 N–H and O–H groups in total. The van der Waals surface area contributed by atoms with Crippen LogP contribution in [0.3, 0.4) is 0 Å². The predicted molar refractivity (Wildman–Crippen MR) is 124 cm³/mol. The number of aromatic nitrogens is 1. The number of para-hydroxylation sites is 1. The summed E-state index contributed by atoms with van der Waals surface area (Å²) >= 11 is 4.75. The number of nitriles is 1. The van der Waals surface area contributed by atoms with Crippen molar-refractivity contribution in [3.8, 4) is 17.3 Å². The number of hydrogen-bond acceptors (Lipinski definition) is 6. The van der Waals surface area contributed by atoms with E-state index in [1.807, 2.05) is 45.5 Å². The second-order valence-corrected chi connectivity index (χ2v) is 9.13. The fraction of sp³-hybridized carbons (Fsp3) is 0.261. The number of halogens is 2. The highest BCUT2D eigenvalue weighted by Gasteiger charge is 2.27. The number of piperazine rings is 1. The molecule has 0 radical (unpaired) electrons. The van der Waals surface area contributed by atoms with Crippen molar-refractivity contribution in [3.63, 3.8) is 0 Å². The van der Waals surface area contributed by atoms with Gasteiger partial charge in [-0.1, -0.05) is 40.2 Å². The van der Waals surface area contributed by atoms with E-state index in [4.69, 9.17) is 0 Å². The first kappa shape index (κ1) is 21.6. The summed E-state index contributed by atoms with van der Waals surface area (Å²) in [6, 6.07) is 16.6. The van der Waals surface area contributed by atoms with Gasteiger partial charge in [-0.15, -0.1) is 11.3 Å². The summed E-state index contributed by atoms with van der Waals surface area (Å²) in [6.07, 6.45) is 0. The Kier molecular flexibility index (Phi) is 6.76. The van der Waals surface area contributed by atoms with Crippen LogP contribution in [0.2, 0.25) is 0 Å². The van der Waals surface area contributed by atoms with E-state index in [-0.39, 0.29) is 18.1 Å². The zero-order valence-electron chi connectivity index (χ0n) is 16.7. The highest BCUT2D eigenvalue weighted by atomic mass is 79.9. The van der Waals surface area contributed by atoms with Crippen LogP contribution in [0.5, 0.6) is 0 Å². The molecule has 0 spiro atoms. The van der Waals surface area contributed by atoms with Crippen LogP contribution in [-0.2, 0) is 4.79 Å². The number of hydrogen-bond donors (Lipinski definition) is 0. The van der Waals surface area contributed by atoms with Crippen LogP contribution < -0.4 is 4.90 Å². The second-order valence-electron chi connectivity index (χ2n) is 7.32. The fourth-order valence-electron chi connectivity index (χ4n) is 3.61. The Hall–Kier alpha value is -2.60. The van der Waals surface area contributed by atoms with Crippen molar-refractivity contribution < 1.29 is 9.18 Å². The molecule has 8 heteroatoms. The molecule has 1 aromatic heterocycles. The van der Waals surface area contributed by atoms with Crippen molar-refractivity contribution in [2.75, 3.05) is 37.6 Å². The largest absolute Gasteiger partial charge is 0.367 e. The smallest absolute Gasteiger partial charge is 0.170 e. The molecule has 4 rings (SSSR count). The summed E-state index contributed by atoms with van der Waals surface area (Å²) in [5.74, 6) is -1.26. The molecule has 31 heavy (non-hydrogen) atoms. The zero-order valence-corrected chi connectivity index (χ0v) is 19.1. The molecular formula is C23H20BrFN4OS. The zero-order chi connectivity index (χ0) is 21.8. The highest BCUT2D eigenvalue weighted by Crippen LogP contribution is 2.28. The van der Waals surface area contributed by atoms with Crippen LogP contribution in [0, 0.1) is 17.1 Å². The van der Waals surface area contributed by atoms with Gasteiger partial charge in [0.25, 0.3) is 0 Å². The molecule has 0 unspecified atom stereocenters.